The molecule has 1 unspecified atom stereocenters. The number of thioether (sulfide) groups is 1. The Bertz CT molecular complexity index is 761. The molecule has 130 valence electrons. The summed E-state index contributed by atoms with van der Waals surface area (Å²) in [5, 5.41) is 2.88. The lowest BCUT2D eigenvalue weighted by molar-refractivity contribution is -0.131. The molecule has 1 N–H and O–H groups in total. The maximum Gasteiger partial charge on any atom is 0.325 e. The second-order valence-corrected chi connectivity index (χ2v) is 7.37. The second-order valence-electron chi connectivity index (χ2n) is 6.49. The molecule has 0 radical (unpaired) electrons. The zero-order valence-corrected chi connectivity index (χ0v) is 15.3. The molecule has 0 aliphatic carbocycles. The van der Waals surface area contributed by atoms with Crippen LogP contribution in [0.1, 0.15) is 24.5 Å². The maximum absolute atomic E-state index is 12.8. The molecule has 1 aliphatic heterocycles. The first-order chi connectivity index (χ1) is 12.0. The zero-order chi connectivity index (χ0) is 17.9. The number of rotatable bonds is 6. The van der Waals surface area contributed by atoms with E-state index in [1.807, 2.05) is 67.8 Å². The van der Waals surface area contributed by atoms with Gasteiger partial charge in [-0.05, 0) is 49.3 Å². The Labute approximate surface area is 152 Å². The minimum atomic E-state index is -0.841. The Morgan fingerprint density at radius 2 is 1.68 bits per heavy atom. The molecule has 1 atom stereocenters. The van der Waals surface area contributed by atoms with Crippen molar-refractivity contribution in [3.63, 3.8) is 0 Å². The lowest BCUT2D eigenvalue weighted by Crippen LogP contribution is -2.44. The van der Waals surface area contributed by atoms with Crippen LogP contribution in [-0.4, -0.2) is 28.6 Å². The third-order valence-electron chi connectivity index (χ3n) is 4.60. The van der Waals surface area contributed by atoms with Gasteiger partial charge in [0.1, 0.15) is 5.54 Å². The first kappa shape index (κ1) is 17.5. The lowest BCUT2D eigenvalue weighted by Gasteiger charge is -2.21. The molecule has 2 aromatic carbocycles. The van der Waals surface area contributed by atoms with E-state index in [0.717, 1.165) is 22.4 Å². The van der Waals surface area contributed by atoms with Crippen molar-refractivity contribution >= 4 is 23.7 Å². The van der Waals surface area contributed by atoms with Crippen LogP contribution in [0, 0.1) is 0 Å². The predicted molar refractivity (Wildman–Crippen MR) is 100 cm³/mol. The van der Waals surface area contributed by atoms with E-state index in [2.05, 4.69) is 5.32 Å². The molecule has 0 bridgehead atoms. The van der Waals surface area contributed by atoms with Crippen molar-refractivity contribution in [3.8, 4) is 0 Å². The van der Waals surface area contributed by atoms with Gasteiger partial charge in [-0.15, -0.1) is 11.8 Å². The minimum Gasteiger partial charge on any atom is -0.323 e. The van der Waals surface area contributed by atoms with E-state index in [9.17, 15) is 9.59 Å². The summed E-state index contributed by atoms with van der Waals surface area (Å²) in [4.78, 5) is 27.6. The van der Waals surface area contributed by atoms with Crippen LogP contribution in [0.2, 0.25) is 0 Å². The van der Waals surface area contributed by atoms with Gasteiger partial charge >= 0.3 is 6.03 Å². The van der Waals surface area contributed by atoms with Crippen LogP contribution in [0.5, 0.6) is 0 Å². The molecule has 0 saturated carbocycles. The number of amides is 3. The van der Waals surface area contributed by atoms with Gasteiger partial charge < -0.3 is 5.32 Å². The molecule has 3 amide bonds. The summed E-state index contributed by atoms with van der Waals surface area (Å²) in [5.74, 6) is -0.151. The van der Waals surface area contributed by atoms with Crippen molar-refractivity contribution in [2.45, 2.75) is 36.7 Å². The van der Waals surface area contributed by atoms with E-state index < -0.39 is 5.54 Å². The molecule has 25 heavy (non-hydrogen) atoms. The molecular formula is C20H22N2O2S. The SMILES string of the molecule is CSc1ccc(CN2C(=O)NC(C)(CCc3ccccc3)C2=O)cc1. The second kappa shape index (κ2) is 7.31. The van der Waals surface area contributed by atoms with Gasteiger partial charge in [-0.2, -0.15) is 0 Å². The number of aryl methyl sites for hydroxylation is 1. The first-order valence-corrected chi connectivity index (χ1v) is 9.55. The fraction of sp³-hybridized carbons (Fsp3) is 0.300. The normalized spacial score (nSPS) is 20.0. The maximum atomic E-state index is 12.8. The third kappa shape index (κ3) is 3.87. The number of carbonyl (C=O) groups is 2. The number of hydrogen-bond acceptors (Lipinski definition) is 3. The number of benzene rings is 2. The number of carbonyl (C=O) groups excluding carboxylic acids is 2. The zero-order valence-electron chi connectivity index (χ0n) is 14.5. The van der Waals surface area contributed by atoms with E-state index in [4.69, 9.17) is 0 Å². The largest absolute Gasteiger partial charge is 0.325 e. The summed E-state index contributed by atoms with van der Waals surface area (Å²) in [5.41, 5.74) is 1.28. The molecular weight excluding hydrogens is 332 g/mol. The van der Waals surface area contributed by atoms with Gasteiger partial charge in [0.15, 0.2) is 0 Å². The molecule has 1 aliphatic rings. The summed E-state index contributed by atoms with van der Waals surface area (Å²) in [7, 11) is 0. The fourth-order valence-corrected chi connectivity index (χ4v) is 3.42. The van der Waals surface area contributed by atoms with Gasteiger partial charge in [-0.3, -0.25) is 9.69 Å². The summed E-state index contributed by atoms with van der Waals surface area (Å²) < 4.78 is 0. The topological polar surface area (TPSA) is 49.4 Å². The highest BCUT2D eigenvalue weighted by molar-refractivity contribution is 7.98. The third-order valence-corrected chi connectivity index (χ3v) is 5.34. The van der Waals surface area contributed by atoms with Gasteiger partial charge in [-0.25, -0.2) is 4.79 Å². The van der Waals surface area contributed by atoms with Crippen molar-refractivity contribution in [1.29, 1.82) is 0 Å². The molecule has 2 aromatic rings. The quantitative estimate of drug-likeness (QED) is 0.633. The van der Waals surface area contributed by atoms with Gasteiger partial charge in [0.2, 0.25) is 0 Å². The van der Waals surface area contributed by atoms with Gasteiger partial charge in [0.25, 0.3) is 5.91 Å². The van der Waals surface area contributed by atoms with Gasteiger partial charge in [0, 0.05) is 4.90 Å². The predicted octanol–water partition coefficient (Wildman–Crippen LogP) is 3.85. The monoisotopic (exact) mass is 354 g/mol. The van der Waals surface area contributed by atoms with Crippen LogP contribution in [0.4, 0.5) is 4.79 Å². The van der Waals surface area contributed by atoms with Crippen LogP contribution in [0.15, 0.2) is 59.5 Å². The Morgan fingerprint density at radius 1 is 1.00 bits per heavy atom. The number of hydrogen-bond donors (Lipinski definition) is 1. The van der Waals surface area contributed by atoms with Crippen LogP contribution in [0.25, 0.3) is 0 Å². The Balaban J connectivity index is 1.68. The number of imide groups is 1. The van der Waals surface area contributed by atoms with Crippen LogP contribution in [-0.2, 0) is 17.8 Å². The van der Waals surface area contributed by atoms with Crippen LogP contribution < -0.4 is 5.32 Å². The Morgan fingerprint density at radius 3 is 2.32 bits per heavy atom. The van der Waals surface area contributed by atoms with E-state index in [1.165, 1.54) is 4.90 Å². The molecule has 0 spiro atoms. The Hall–Kier alpha value is -2.27. The van der Waals surface area contributed by atoms with Gasteiger partial charge in [-0.1, -0.05) is 42.5 Å². The molecule has 3 rings (SSSR count). The van der Waals surface area contributed by atoms with Crippen LogP contribution in [0.3, 0.4) is 0 Å². The fourth-order valence-electron chi connectivity index (χ4n) is 3.01. The molecule has 5 heteroatoms. The highest BCUT2D eigenvalue weighted by Crippen LogP contribution is 2.25. The van der Waals surface area contributed by atoms with E-state index in [1.54, 1.807) is 11.8 Å². The minimum absolute atomic E-state index is 0.151. The van der Waals surface area contributed by atoms with Crippen molar-refractivity contribution < 1.29 is 9.59 Å². The summed E-state index contributed by atoms with van der Waals surface area (Å²) in [6.07, 6.45) is 3.35. The molecule has 1 saturated heterocycles. The van der Waals surface area contributed by atoms with E-state index >= 15 is 0 Å². The smallest absolute Gasteiger partial charge is 0.323 e. The first-order valence-electron chi connectivity index (χ1n) is 8.33. The van der Waals surface area contributed by atoms with Crippen molar-refractivity contribution in [3.05, 3.63) is 65.7 Å². The average Bonchev–Trinajstić information content (AvgIpc) is 2.85. The lowest BCUT2D eigenvalue weighted by atomic mass is 9.93. The highest BCUT2D eigenvalue weighted by Gasteiger charge is 2.47. The highest BCUT2D eigenvalue weighted by atomic mass is 32.2. The van der Waals surface area contributed by atoms with E-state index in [0.29, 0.717) is 13.0 Å². The number of nitrogens with zero attached hydrogens (tertiary/aromatic N) is 1. The number of nitrogens with one attached hydrogen (secondary N) is 1. The summed E-state index contributed by atoms with van der Waals surface area (Å²) in [6.45, 7) is 2.12. The van der Waals surface area contributed by atoms with Crippen molar-refractivity contribution in [2.24, 2.45) is 0 Å². The van der Waals surface area contributed by atoms with Crippen molar-refractivity contribution in [2.75, 3.05) is 6.26 Å². The van der Waals surface area contributed by atoms with E-state index in [-0.39, 0.29) is 11.9 Å². The number of urea groups is 1. The van der Waals surface area contributed by atoms with Crippen LogP contribution >= 0.6 is 11.8 Å². The van der Waals surface area contributed by atoms with Gasteiger partial charge in [0.05, 0.1) is 6.54 Å². The Kier molecular flexibility index (Phi) is 5.13. The molecule has 1 heterocycles. The molecule has 0 aromatic heterocycles. The standard InChI is InChI=1S/C20H22N2O2S/c1-20(13-12-15-6-4-3-5-7-15)18(23)22(19(24)21-20)14-16-8-10-17(25-2)11-9-16/h3-11H,12-14H2,1-2H3,(H,21,24). The summed E-state index contributed by atoms with van der Waals surface area (Å²) >= 11 is 1.67. The van der Waals surface area contributed by atoms with Crippen molar-refractivity contribution in [1.82, 2.24) is 10.2 Å². The molecule has 1 fully saturated rings. The average molecular weight is 354 g/mol. The molecule has 4 nitrogen and oxygen atoms in total. The summed E-state index contributed by atoms with van der Waals surface area (Å²) in [6, 6.07) is 17.6.